The van der Waals surface area contributed by atoms with E-state index in [-0.39, 0.29) is 17.0 Å². The van der Waals surface area contributed by atoms with Crippen LogP contribution in [0.4, 0.5) is 0 Å². The lowest BCUT2D eigenvalue weighted by Crippen LogP contribution is -2.14. The Balaban J connectivity index is 2.43. The monoisotopic (exact) mass is 345 g/mol. The van der Waals surface area contributed by atoms with Gasteiger partial charge in [0.25, 0.3) is 0 Å². The summed E-state index contributed by atoms with van der Waals surface area (Å²) in [6.07, 6.45) is 5.82. The average Bonchev–Trinajstić information content (AvgIpc) is 2.60. The summed E-state index contributed by atoms with van der Waals surface area (Å²) >= 11 is 0. The Morgan fingerprint density at radius 1 is 1.08 bits per heavy atom. The zero-order valence-electron chi connectivity index (χ0n) is 15.5. The van der Waals surface area contributed by atoms with Gasteiger partial charge in [-0.3, -0.25) is 9.59 Å². The van der Waals surface area contributed by atoms with Gasteiger partial charge < -0.3 is 14.5 Å². The number of carbonyl (C=O) groups excluding carboxylic acids is 1. The maximum Gasteiger partial charge on any atom is 0.232 e. The van der Waals surface area contributed by atoms with Crippen molar-refractivity contribution in [3.8, 4) is 11.5 Å². The molecule has 1 heterocycles. The van der Waals surface area contributed by atoms with Gasteiger partial charge in [-0.25, -0.2) is 0 Å². The molecule has 5 nitrogen and oxygen atoms in total. The van der Waals surface area contributed by atoms with Crippen LogP contribution in [-0.2, 0) is 0 Å². The van der Waals surface area contributed by atoms with Crippen molar-refractivity contribution >= 4 is 16.7 Å². The smallest absolute Gasteiger partial charge is 0.232 e. The van der Waals surface area contributed by atoms with Crippen molar-refractivity contribution in [1.29, 1.82) is 0 Å². The van der Waals surface area contributed by atoms with Crippen LogP contribution in [0.3, 0.4) is 0 Å². The number of fused-ring (bicyclic) bond motifs is 1. The third-order valence-electron chi connectivity index (χ3n) is 4.49. The van der Waals surface area contributed by atoms with E-state index >= 15 is 0 Å². The lowest BCUT2D eigenvalue weighted by molar-refractivity contribution is 0.0980. The summed E-state index contributed by atoms with van der Waals surface area (Å²) in [7, 11) is 3.00. The summed E-state index contributed by atoms with van der Waals surface area (Å²) in [5.41, 5.74) is 1.32. The molecule has 0 bridgehead atoms. The molecule has 2 aromatic rings. The molecule has 0 spiro atoms. The standard InChI is InChI=1S/C20H27NO4/c1-5-6-7-8-9-10-15(22)14-11-12-16(24-3)18-17(14)19(23)20(25-4)13(2)21-18/h11-12H,5-10H2,1-4H3,(H,21,23). The van der Waals surface area contributed by atoms with Gasteiger partial charge in [0.1, 0.15) is 5.75 Å². The molecule has 1 aromatic carbocycles. The number of unbranched alkanes of at least 4 members (excludes halogenated alkanes) is 4. The maximum atomic E-state index is 12.8. The molecule has 2 rings (SSSR count). The zero-order valence-corrected chi connectivity index (χ0v) is 15.5. The number of pyridine rings is 1. The van der Waals surface area contributed by atoms with Crippen LogP contribution in [0.25, 0.3) is 10.9 Å². The van der Waals surface area contributed by atoms with Crippen LogP contribution >= 0.6 is 0 Å². The Bertz CT molecular complexity index is 807. The summed E-state index contributed by atoms with van der Waals surface area (Å²) in [6.45, 7) is 3.93. The molecule has 0 saturated heterocycles. The first-order valence-electron chi connectivity index (χ1n) is 8.85. The molecular weight excluding hydrogens is 318 g/mol. The molecule has 0 radical (unpaired) electrons. The Hall–Kier alpha value is -2.30. The highest BCUT2D eigenvalue weighted by Crippen LogP contribution is 2.28. The van der Waals surface area contributed by atoms with Crippen LogP contribution in [0.5, 0.6) is 11.5 Å². The molecule has 0 aliphatic carbocycles. The predicted octanol–water partition coefficient (Wildman–Crippen LogP) is 4.40. The Kier molecular flexibility index (Phi) is 6.62. The summed E-state index contributed by atoms with van der Waals surface area (Å²) in [6, 6.07) is 3.41. The number of rotatable bonds is 9. The number of hydrogen-bond acceptors (Lipinski definition) is 4. The van der Waals surface area contributed by atoms with E-state index in [1.54, 1.807) is 26.2 Å². The molecule has 0 fully saturated rings. The highest BCUT2D eigenvalue weighted by atomic mass is 16.5. The molecule has 5 heteroatoms. The summed E-state index contributed by atoms with van der Waals surface area (Å²) in [5, 5.41) is 0.348. The number of ketones is 1. The van der Waals surface area contributed by atoms with E-state index in [1.807, 2.05) is 0 Å². The van der Waals surface area contributed by atoms with E-state index in [2.05, 4.69) is 11.9 Å². The van der Waals surface area contributed by atoms with E-state index in [1.165, 1.54) is 20.0 Å². The number of aryl methyl sites for hydroxylation is 1. The average molecular weight is 345 g/mol. The summed E-state index contributed by atoms with van der Waals surface area (Å²) < 4.78 is 10.6. The van der Waals surface area contributed by atoms with Crippen molar-refractivity contribution in [2.45, 2.75) is 52.4 Å². The second-order valence-corrected chi connectivity index (χ2v) is 6.27. The number of ether oxygens (including phenoxy) is 2. The van der Waals surface area contributed by atoms with Crippen molar-refractivity contribution in [3.05, 3.63) is 33.6 Å². The number of hydrogen-bond donors (Lipinski definition) is 1. The number of H-pyrrole nitrogens is 1. The SMILES string of the molecule is CCCCCCCC(=O)c1ccc(OC)c2[nH]c(C)c(OC)c(=O)c12. The second-order valence-electron chi connectivity index (χ2n) is 6.27. The van der Waals surface area contributed by atoms with Crippen LogP contribution in [-0.4, -0.2) is 25.0 Å². The highest BCUT2D eigenvalue weighted by molar-refractivity contribution is 6.08. The fourth-order valence-electron chi connectivity index (χ4n) is 3.14. The van der Waals surface area contributed by atoms with Crippen molar-refractivity contribution in [2.75, 3.05) is 14.2 Å². The van der Waals surface area contributed by atoms with Gasteiger partial charge in [-0.2, -0.15) is 0 Å². The van der Waals surface area contributed by atoms with Crippen molar-refractivity contribution in [1.82, 2.24) is 4.98 Å². The van der Waals surface area contributed by atoms with Crippen molar-refractivity contribution in [3.63, 3.8) is 0 Å². The zero-order chi connectivity index (χ0) is 18.4. The molecular formula is C20H27NO4. The minimum atomic E-state index is -0.276. The van der Waals surface area contributed by atoms with E-state index < -0.39 is 0 Å². The highest BCUT2D eigenvalue weighted by Gasteiger charge is 2.19. The molecule has 136 valence electrons. The Morgan fingerprint density at radius 2 is 1.80 bits per heavy atom. The third-order valence-corrected chi connectivity index (χ3v) is 4.49. The largest absolute Gasteiger partial charge is 0.495 e. The van der Waals surface area contributed by atoms with Gasteiger partial charge in [0.15, 0.2) is 11.5 Å². The normalized spacial score (nSPS) is 10.9. The van der Waals surface area contributed by atoms with Gasteiger partial charge in [0.2, 0.25) is 5.43 Å². The number of aromatic nitrogens is 1. The second kappa shape index (κ2) is 8.70. The topological polar surface area (TPSA) is 68.4 Å². The van der Waals surface area contributed by atoms with Crippen LogP contribution in [0.1, 0.15) is 61.5 Å². The fraction of sp³-hybridized carbons (Fsp3) is 0.500. The van der Waals surface area contributed by atoms with Gasteiger partial charge in [-0.1, -0.05) is 32.6 Å². The number of Topliss-reactive ketones (excluding diaryl/α,β-unsaturated/α-hetero) is 1. The first kappa shape index (κ1) is 19.0. The fourth-order valence-corrected chi connectivity index (χ4v) is 3.14. The third kappa shape index (κ3) is 4.03. The van der Waals surface area contributed by atoms with E-state index in [0.29, 0.717) is 34.3 Å². The molecule has 0 saturated carbocycles. The Labute approximate surface area is 148 Å². The van der Waals surface area contributed by atoms with Gasteiger partial charge in [0, 0.05) is 12.0 Å². The molecule has 0 atom stereocenters. The number of aromatic amines is 1. The van der Waals surface area contributed by atoms with Gasteiger partial charge in [0.05, 0.1) is 30.8 Å². The lowest BCUT2D eigenvalue weighted by Gasteiger charge is -2.13. The van der Waals surface area contributed by atoms with Gasteiger partial charge in [-0.05, 0) is 25.5 Å². The molecule has 1 N–H and O–H groups in total. The number of benzene rings is 1. The molecule has 0 aliphatic rings. The molecule has 1 aromatic heterocycles. The number of methoxy groups -OCH3 is 2. The number of carbonyl (C=O) groups is 1. The van der Waals surface area contributed by atoms with Crippen LogP contribution in [0.15, 0.2) is 16.9 Å². The molecule has 0 amide bonds. The van der Waals surface area contributed by atoms with Crippen molar-refractivity contribution in [2.24, 2.45) is 0 Å². The van der Waals surface area contributed by atoms with Gasteiger partial charge in [-0.15, -0.1) is 0 Å². The minimum absolute atomic E-state index is 0.0134. The van der Waals surface area contributed by atoms with Crippen LogP contribution < -0.4 is 14.9 Å². The van der Waals surface area contributed by atoms with Gasteiger partial charge >= 0.3 is 0 Å². The summed E-state index contributed by atoms with van der Waals surface area (Å²) in [5.74, 6) is 0.760. The quantitative estimate of drug-likeness (QED) is 0.540. The minimum Gasteiger partial charge on any atom is -0.495 e. The maximum absolute atomic E-state index is 12.8. The van der Waals surface area contributed by atoms with Crippen LogP contribution in [0.2, 0.25) is 0 Å². The first-order chi connectivity index (χ1) is 12.0. The first-order valence-corrected chi connectivity index (χ1v) is 8.85. The lowest BCUT2D eigenvalue weighted by atomic mass is 9.98. The summed E-state index contributed by atoms with van der Waals surface area (Å²) in [4.78, 5) is 28.7. The molecule has 25 heavy (non-hydrogen) atoms. The van der Waals surface area contributed by atoms with E-state index in [0.717, 1.165) is 19.3 Å². The van der Waals surface area contributed by atoms with E-state index in [4.69, 9.17) is 9.47 Å². The number of nitrogens with one attached hydrogen (secondary N) is 1. The van der Waals surface area contributed by atoms with E-state index in [9.17, 15) is 9.59 Å². The predicted molar refractivity (Wildman–Crippen MR) is 100 cm³/mol. The Morgan fingerprint density at radius 3 is 2.44 bits per heavy atom. The van der Waals surface area contributed by atoms with Crippen LogP contribution in [0, 0.1) is 6.92 Å². The molecule has 0 unspecified atom stereocenters. The molecule has 0 aliphatic heterocycles. The van der Waals surface area contributed by atoms with Crippen molar-refractivity contribution < 1.29 is 14.3 Å².